The zero-order valence-corrected chi connectivity index (χ0v) is 18.6. The Morgan fingerprint density at radius 3 is 2.03 bits per heavy atom. The van der Waals surface area contributed by atoms with E-state index in [0.717, 1.165) is 22.6 Å². The minimum absolute atomic E-state index is 0.141. The second-order valence-corrected chi connectivity index (χ2v) is 6.80. The minimum Gasteiger partial charge on any atom is -0.497 e. The molecule has 0 bridgehead atoms. The molecule has 0 saturated carbocycles. The summed E-state index contributed by atoms with van der Waals surface area (Å²) in [6.45, 7) is 0.320. The second-order valence-electron chi connectivity index (χ2n) is 6.80. The fourth-order valence-corrected chi connectivity index (χ4v) is 3.11. The third-order valence-corrected chi connectivity index (χ3v) is 4.85. The number of hydrogen-bond donors (Lipinski definition) is 0. The monoisotopic (exact) mass is 434 g/mol. The lowest BCUT2D eigenvalue weighted by Gasteiger charge is -2.11. The minimum atomic E-state index is -0.141. The summed E-state index contributed by atoms with van der Waals surface area (Å²) in [6, 6.07) is 18.1. The van der Waals surface area contributed by atoms with Crippen LogP contribution in [0.1, 0.15) is 21.5 Å². The van der Waals surface area contributed by atoms with E-state index in [0.29, 0.717) is 29.4 Å². The van der Waals surface area contributed by atoms with Crippen molar-refractivity contribution in [3.63, 3.8) is 0 Å². The fraction of sp³-hybridized carbons (Fsp3) is 0.192. The van der Waals surface area contributed by atoms with E-state index in [4.69, 9.17) is 23.7 Å². The normalized spacial score (nSPS) is 10.6. The van der Waals surface area contributed by atoms with Gasteiger partial charge in [0.1, 0.15) is 23.9 Å². The van der Waals surface area contributed by atoms with Crippen molar-refractivity contribution in [3.05, 3.63) is 83.4 Å². The molecule has 0 aliphatic heterocycles. The Bertz CT molecular complexity index is 1090. The predicted octanol–water partition coefficient (Wildman–Crippen LogP) is 5.20. The van der Waals surface area contributed by atoms with E-state index in [1.54, 1.807) is 45.6 Å². The molecule has 0 radical (unpaired) electrons. The van der Waals surface area contributed by atoms with Crippen LogP contribution in [0.5, 0.6) is 28.7 Å². The van der Waals surface area contributed by atoms with E-state index in [1.165, 1.54) is 13.2 Å². The van der Waals surface area contributed by atoms with Crippen molar-refractivity contribution in [3.8, 4) is 28.7 Å². The molecular formula is C26H26O6. The van der Waals surface area contributed by atoms with Gasteiger partial charge in [0.15, 0.2) is 17.3 Å². The highest BCUT2D eigenvalue weighted by Crippen LogP contribution is 2.28. The molecule has 0 spiro atoms. The number of carbonyl (C=O) groups excluding carboxylic acids is 1. The summed E-state index contributed by atoms with van der Waals surface area (Å²) in [5, 5.41) is 0. The number of rotatable bonds is 10. The van der Waals surface area contributed by atoms with Gasteiger partial charge in [-0.2, -0.15) is 0 Å². The van der Waals surface area contributed by atoms with Crippen LogP contribution in [-0.4, -0.2) is 34.2 Å². The molecule has 0 aromatic heterocycles. The highest BCUT2D eigenvalue weighted by molar-refractivity contribution is 6.07. The van der Waals surface area contributed by atoms with Crippen molar-refractivity contribution in [1.82, 2.24) is 0 Å². The second kappa shape index (κ2) is 10.9. The molecule has 3 aromatic rings. The Morgan fingerprint density at radius 2 is 1.38 bits per heavy atom. The lowest BCUT2D eigenvalue weighted by molar-refractivity contribution is 0.104. The summed E-state index contributed by atoms with van der Waals surface area (Å²) in [7, 11) is 6.33. The van der Waals surface area contributed by atoms with Crippen LogP contribution in [-0.2, 0) is 6.61 Å². The first-order valence-corrected chi connectivity index (χ1v) is 9.96. The first kappa shape index (κ1) is 22.7. The number of hydrogen-bond acceptors (Lipinski definition) is 6. The van der Waals surface area contributed by atoms with Crippen molar-refractivity contribution in [1.29, 1.82) is 0 Å². The molecule has 0 atom stereocenters. The molecule has 0 amide bonds. The molecule has 0 heterocycles. The molecule has 3 aromatic carbocycles. The van der Waals surface area contributed by atoms with Crippen LogP contribution in [0, 0.1) is 0 Å². The Labute approximate surface area is 188 Å². The lowest BCUT2D eigenvalue weighted by Crippen LogP contribution is -2.00. The van der Waals surface area contributed by atoms with Gasteiger partial charge in [-0.3, -0.25) is 4.79 Å². The van der Waals surface area contributed by atoms with Gasteiger partial charge >= 0.3 is 0 Å². The number of allylic oxidation sites excluding steroid dienone is 1. The fourth-order valence-electron chi connectivity index (χ4n) is 3.11. The molecular weight excluding hydrogens is 408 g/mol. The Balaban J connectivity index is 1.73. The average Bonchev–Trinajstić information content (AvgIpc) is 2.85. The first-order chi connectivity index (χ1) is 15.6. The molecule has 0 N–H and O–H groups in total. The van der Waals surface area contributed by atoms with Gasteiger partial charge in [-0.25, -0.2) is 0 Å². The van der Waals surface area contributed by atoms with Gasteiger partial charge in [-0.1, -0.05) is 12.1 Å². The first-order valence-electron chi connectivity index (χ1n) is 9.96. The van der Waals surface area contributed by atoms with Crippen LogP contribution in [0.3, 0.4) is 0 Å². The molecule has 6 heteroatoms. The van der Waals surface area contributed by atoms with E-state index >= 15 is 0 Å². The van der Waals surface area contributed by atoms with Crippen molar-refractivity contribution in [2.75, 3.05) is 28.4 Å². The number of ketones is 1. The highest BCUT2D eigenvalue weighted by Gasteiger charge is 2.09. The third kappa shape index (κ3) is 5.60. The third-order valence-electron chi connectivity index (χ3n) is 4.85. The van der Waals surface area contributed by atoms with E-state index in [1.807, 2.05) is 42.5 Å². The Hall–Kier alpha value is -3.93. The molecule has 0 aliphatic rings. The number of carbonyl (C=O) groups is 1. The van der Waals surface area contributed by atoms with Gasteiger partial charge in [0, 0.05) is 11.1 Å². The van der Waals surface area contributed by atoms with Gasteiger partial charge < -0.3 is 23.7 Å². The smallest absolute Gasteiger partial charge is 0.185 e. The largest absolute Gasteiger partial charge is 0.497 e. The Morgan fingerprint density at radius 1 is 0.719 bits per heavy atom. The van der Waals surface area contributed by atoms with Gasteiger partial charge in [-0.05, 0) is 66.2 Å². The van der Waals surface area contributed by atoms with Crippen molar-refractivity contribution in [2.24, 2.45) is 0 Å². The molecule has 0 fully saturated rings. The summed E-state index contributed by atoms with van der Waals surface area (Å²) in [6.07, 6.45) is 3.28. The molecule has 3 rings (SSSR count). The SMILES string of the molecule is COc1ccc(OCc2cc(/C=C/C(=O)c3ccc(OC)c(OC)c3)ccc2OC)cc1. The van der Waals surface area contributed by atoms with E-state index < -0.39 is 0 Å². The summed E-state index contributed by atoms with van der Waals surface area (Å²) < 4.78 is 27.0. The van der Waals surface area contributed by atoms with Crippen LogP contribution < -0.4 is 23.7 Å². The van der Waals surface area contributed by atoms with E-state index in [-0.39, 0.29) is 5.78 Å². The molecule has 0 aliphatic carbocycles. The summed E-state index contributed by atoms with van der Waals surface area (Å²) in [5.74, 6) is 3.14. The number of benzene rings is 3. The molecule has 166 valence electrons. The number of ether oxygens (including phenoxy) is 5. The van der Waals surface area contributed by atoms with E-state index in [9.17, 15) is 4.79 Å². The van der Waals surface area contributed by atoms with Crippen LogP contribution in [0.25, 0.3) is 6.08 Å². The maximum absolute atomic E-state index is 12.6. The molecule has 6 nitrogen and oxygen atoms in total. The lowest BCUT2D eigenvalue weighted by atomic mass is 10.1. The van der Waals surface area contributed by atoms with Crippen LogP contribution in [0.2, 0.25) is 0 Å². The van der Waals surface area contributed by atoms with Gasteiger partial charge in [-0.15, -0.1) is 0 Å². The zero-order valence-electron chi connectivity index (χ0n) is 18.6. The topological polar surface area (TPSA) is 63.2 Å². The maximum atomic E-state index is 12.6. The number of methoxy groups -OCH3 is 4. The molecule has 32 heavy (non-hydrogen) atoms. The summed E-state index contributed by atoms with van der Waals surface area (Å²) in [5.41, 5.74) is 2.23. The standard InChI is InChI=1S/C26H26O6/c1-28-21-8-10-22(11-9-21)32-17-20-15-18(6-13-24(20)29-2)5-12-23(27)19-7-14-25(30-3)26(16-19)31-4/h5-16H,17H2,1-4H3/b12-5+. The molecule has 0 saturated heterocycles. The van der Waals surface area contributed by atoms with Gasteiger partial charge in [0.2, 0.25) is 0 Å². The Kier molecular flexibility index (Phi) is 7.75. The van der Waals surface area contributed by atoms with Crippen molar-refractivity contribution in [2.45, 2.75) is 6.61 Å². The quantitative estimate of drug-likeness (QED) is 0.323. The van der Waals surface area contributed by atoms with Crippen LogP contribution in [0.15, 0.2) is 66.7 Å². The van der Waals surface area contributed by atoms with Crippen molar-refractivity contribution >= 4 is 11.9 Å². The highest BCUT2D eigenvalue weighted by atomic mass is 16.5. The van der Waals surface area contributed by atoms with Crippen LogP contribution >= 0.6 is 0 Å². The predicted molar refractivity (Wildman–Crippen MR) is 123 cm³/mol. The summed E-state index contributed by atoms with van der Waals surface area (Å²) in [4.78, 5) is 12.6. The van der Waals surface area contributed by atoms with Gasteiger partial charge in [0.25, 0.3) is 0 Å². The van der Waals surface area contributed by atoms with Gasteiger partial charge in [0.05, 0.1) is 28.4 Å². The van der Waals surface area contributed by atoms with Crippen molar-refractivity contribution < 1.29 is 28.5 Å². The average molecular weight is 434 g/mol. The van der Waals surface area contributed by atoms with E-state index in [2.05, 4.69) is 0 Å². The maximum Gasteiger partial charge on any atom is 0.185 e. The molecule has 0 unspecified atom stereocenters. The zero-order chi connectivity index (χ0) is 22.9. The summed E-state index contributed by atoms with van der Waals surface area (Å²) >= 11 is 0. The van der Waals surface area contributed by atoms with Crippen LogP contribution in [0.4, 0.5) is 0 Å².